The predicted octanol–water partition coefficient (Wildman–Crippen LogP) is 2.24. The van der Waals surface area contributed by atoms with Gasteiger partial charge < -0.3 is 5.73 Å². The van der Waals surface area contributed by atoms with Crippen LogP contribution in [0, 0.1) is 0 Å². The molecule has 1 heterocycles. The minimum absolute atomic E-state index is 0. The van der Waals surface area contributed by atoms with Crippen LogP contribution in [-0.2, 0) is 0 Å². The number of benzene rings is 1. The lowest BCUT2D eigenvalue weighted by Crippen LogP contribution is -1.86. The van der Waals surface area contributed by atoms with E-state index in [9.17, 15) is 0 Å². The fourth-order valence-corrected chi connectivity index (χ4v) is 1.13. The van der Waals surface area contributed by atoms with E-state index in [4.69, 9.17) is 5.73 Å². The van der Waals surface area contributed by atoms with Gasteiger partial charge in [-0.3, -0.25) is 4.98 Å². The van der Waals surface area contributed by atoms with Gasteiger partial charge >= 0.3 is 0 Å². The molecule has 0 saturated carbocycles. The standard InChI is InChI=1S/C9H8N2.ClH/c10-8-4-1-5-9-7(8)3-2-6-11-9;/h1-6H,10H2;1H. The number of fused-ring (bicyclic) bond motifs is 1. The van der Waals surface area contributed by atoms with Crippen molar-refractivity contribution in [2.24, 2.45) is 0 Å². The number of rotatable bonds is 0. The molecule has 0 unspecified atom stereocenters. The zero-order valence-corrected chi connectivity index (χ0v) is 7.21. The average Bonchev–Trinajstić information content (AvgIpc) is 2.06. The highest BCUT2D eigenvalue weighted by molar-refractivity contribution is 5.89. The minimum atomic E-state index is 0. The Hall–Kier alpha value is -1.28. The van der Waals surface area contributed by atoms with E-state index in [0.717, 1.165) is 16.6 Å². The molecule has 0 fully saturated rings. The predicted molar refractivity (Wildman–Crippen MR) is 53.4 cm³/mol. The van der Waals surface area contributed by atoms with Gasteiger partial charge in [0.25, 0.3) is 0 Å². The van der Waals surface area contributed by atoms with Crippen LogP contribution in [0.1, 0.15) is 0 Å². The number of anilines is 1. The number of hydrogen-bond acceptors (Lipinski definition) is 2. The number of hydrogen-bond donors (Lipinski definition) is 1. The van der Waals surface area contributed by atoms with Crippen LogP contribution < -0.4 is 5.73 Å². The Kier molecular flexibility index (Phi) is 2.51. The lowest BCUT2D eigenvalue weighted by Gasteiger charge is -1.97. The van der Waals surface area contributed by atoms with Crippen molar-refractivity contribution in [3.8, 4) is 0 Å². The largest absolute Gasteiger partial charge is 0.398 e. The monoisotopic (exact) mass is 180 g/mol. The first kappa shape index (κ1) is 8.81. The summed E-state index contributed by atoms with van der Waals surface area (Å²) in [7, 11) is 0. The third-order valence-corrected chi connectivity index (χ3v) is 1.68. The minimum Gasteiger partial charge on any atom is -0.398 e. The molecule has 2 rings (SSSR count). The summed E-state index contributed by atoms with van der Waals surface area (Å²) < 4.78 is 0. The fourth-order valence-electron chi connectivity index (χ4n) is 1.13. The van der Waals surface area contributed by atoms with Gasteiger partial charge in [0.2, 0.25) is 0 Å². The van der Waals surface area contributed by atoms with E-state index >= 15 is 0 Å². The molecular weight excluding hydrogens is 172 g/mol. The number of nitrogen functional groups attached to an aromatic ring is 1. The molecule has 0 amide bonds. The van der Waals surface area contributed by atoms with Crippen LogP contribution in [-0.4, -0.2) is 4.98 Å². The topological polar surface area (TPSA) is 38.9 Å². The first-order valence-corrected chi connectivity index (χ1v) is 3.47. The summed E-state index contributed by atoms with van der Waals surface area (Å²) >= 11 is 0. The summed E-state index contributed by atoms with van der Waals surface area (Å²) in [5.74, 6) is 0. The van der Waals surface area contributed by atoms with Crippen molar-refractivity contribution in [3.05, 3.63) is 36.5 Å². The molecule has 0 aliphatic heterocycles. The van der Waals surface area contributed by atoms with Crippen LogP contribution in [0.4, 0.5) is 5.69 Å². The third-order valence-electron chi connectivity index (χ3n) is 1.68. The maximum atomic E-state index is 5.72. The van der Waals surface area contributed by atoms with Crippen molar-refractivity contribution in [3.63, 3.8) is 0 Å². The van der Waals surface area contributed by atoms with E-state index in [1.807, 2.05) is 30.3 Å². The van der Waals surface area contributed by atoms with Gasteiger partial charge in [0, 0.05) is 17.3 Å². The maximum Gasteiger partial charge on any atom is 0.0722 e. The molecule has 0 bridgehead atoms. The van der Waals surface area contributed by atoms with Crippen LogP contribution in [0.5, 0.6) is 0 Å². The highest BCUT2D eigenvalue weighted by Crippen LogP contribution is 2.17. The van der Waals surface area contributed by atoms with Crippen LogP contribution in [0.3, 0.4) is 0 Å². The zero-order chi connectivity index (χ0) is 7.68. The van der Waals surface area contributed by atoms with Crippen LogP contribution >= 0.6 is 12.4 Å². The normalized spacial score (nSPS) is 9.33. The molecule has 1 aromatic heterocycles. The lowest BCUT2D eigenvalue weighted by molar-refractivity contribution is 1.41. The fraction of sp³-hybridized carbons (Fsp3) is 0. The SMILES string of the molecule is Cl.Nc1cccc2ncccc12. The molecule has 2 aromatic rings. The molecule has 0 aliphatic rings. The molecule has 0 atom stereocenters. The second-order valence-corrected chi connectivity index (χ2v) is 2.42. The van der Waals surface area contributed by atoms with Gasteiger partial charge in [-0.05, 0) is 24.3 Å². The highest BCUT2D eigenvalue weighted by atomic mass is 35.5. The second-order valence-electron chi connectivity index (χ2n) is 2.42. The number of pyridine rings is 1. The molecular formula is C9H9ClN2. The van der Waals surface area contributed by atoms with Gasteiger partial charge in [0.1, 0.15) is 0 Å². The number of aromatic nitrogens is 1. The zero-order valence-electron chi connectivity index (χ0n) is 6.40. The summed E-state index contributed by atoms with van der Waals surface area (Å²) in [6, 6.07) is 9.59. The number of nitrogens with zero attached hydrogens (tertiary/aromatic N) is 1. The van der Waals surface area contributed by atoms with E-state index in [1.165, 1.54) is 0 Å². The molecule has 2 nitrogen and oxygen atoms in total. The Morgan fingerprint density at radius 2 is 1.92 bits per heavy atom. The van der Waals surface area contributed by atoms with E-state index in [-0.39, 0.29) is 12.4 Å². The summed E-state index contributed by atoms with van der Waals surface area (Å²) in [4.78, 5) is 4.16. The van der Waals surface area contributed by atoms with E-state index < -0.39 is 0 Å². The summed E-state index contributed by atoms with van der Waals surface area (Å²) in [5, 5.41) is 1.02. The highest BCUT2D eigenvalue weighted by Gasteiger charge is 1.94. The molecule has 0 saturated heterocycles. The lowest BCUT2D eigenvalue weighted by atomic mass is 10.2. The molecule has 2 N–H and O–H groups in total. The third kappa shape index (κ3) is 1.34. The quantitative estimate of drug-likeness (QED) is 0.632. The van der Waals surface area contributed by atoms with Crippen LogP contribution in [0.25, 0.3) is 10.9 Å². The summed E-state index contributed by atoms with van der Waals surface area (Å²) in [6.45, 7) is 0. The first-order chi connectivity index (χ1) is 5.38. The van der Waals surface area contributed by atoms with Gasteiger partial charge in [-0.25, -0.2) is 0 Å². The molecule has 0 aliphatic carbocycles. The molecule has 12 heavy (non-hydrogen) atoms. The Balaban J connectivity index is 0.000000720. The van der Waals surface area contributed by atoms with Gasteiger partial charge in [0.05, 0.1) is 5.52 Å². The Labute approximate surface area is 76.8 Å². The van der Waals surface area contributed by atoms with Crippen LogP contribution in [0.15, 0.2) is 36.5 Å². The van der Waals surface area contributed by atoms with E-state index in [0.29, 0.717) is 0 Å². The van der Waals surface area contributed by atoms with Gasteiger partial charge in [-0.1, -0.05) is 6.07 Å². The maximum absolute atomic E-state index is 5.72. The van der Waals surface area contributed by atoms with Gasteiger partial charge in [0.15, 0.2) is 0 Å². The summed E-state index contributed by atoms with van der Waals surface area (Å²) in [5.41, 5.74) is 7.46. The van der Waals surface area contributed by atoms with Crippen molar-refractivity contribution >= 4 is 29.0 Å². The van der Waals surface area contributed by atoms with Crippen molar-refractivity contribution in [2.45, 2.75) is 0 Å². The van der Waals surface area contributed by atoms with Crippen molar-refractivity contribution in [1.29, 1.82) is 0 Å². The Bertz CT molecular complexity index is 382. The number of nitrogens with two attached hydrogens (primary N) is 1. The Morgan fingerprint density at radius 1 is 1.08 bits per heavy atom. The molecule has 3 heteroatoms. The van der Waals surface area contributed by atoms with Crippen LogP contribution in [0.2, 0.25) is 0 Å². The average molecular weight is 181 g/mol. The smallest absolute Gasteiger partial charge is 0.0722 e. The van der Waals surface area contributed by atoms with Crippen molar-refractivity contribution in [1.82, 2.24) is 4.98 Å². The number of halogens is 1. The van der Waals surface area contributed by atoms with Gasteiger partial charge in [-0.2, -0.15) is 0 Å². The van der Waals surface area contributed by atoms with E-state index in [2.05, 4.69) is 4.98 Å². The second kappa shape index (κ2) is 3.41. The van der Waals surface area contributed by atoms with Crippen molar-refractivity contribution < 1.29 is 0 Å². The molecule has 0 radical (unpaired) electrons. The van der Waals surface area contributed by atoms with E-state index in [1.54, 1.807) is 6.20 Å². The van der Waals surface area contributed by atoms with Crippen molar-refractivity contribution in [2.75, 3.05) is 5.73 Å². The summed E-state index contributed by atoms with van der Waals surface area (Å²) in [6.07, 6.45) is 1.77. The molecule has 62 valence electrons. The first-order valence-electron chi connectivity index (χ1n) is 3.47. The van der Waals surface area contributed by atoms with Gasteiger partial charge in [-0.15, -0.1) is 12.4 Å². The molecule has 0 spiro atoms. The molecule has 1 aromatic carbocycles. The Morgan fingerprint density at radius 3 is 2.67 bits per heavy atom.